The van der Waals surface area contributed by atoms with Gasteiger partial charge in [-0.15, -0.1) is 0 Å². The van der Waals surface area contributed by atoms with E-state index in [1.54, 1.807) is 11.9 Å². The molecule has 3 rings (SSSR count). The van der Waals surface area contributed by atoms with E-state index in [0.717, 1.165) is 22.6 Å². The zero-order valence-electron chi connectivity index (χ0n) is 15.9. The van der Waals surface area contributed by atoms with E-state index in [1.807, 2.05) is 55.5 Å². The number of nitrogens with one attached hydrogen (secondary N) is 1. The summed E-state index contributed by atoms with van der Waals surface area (Å²) in [6.45, 7) is 3.13. The molecule has 0 saturated carbocycles. The molecule has 1 N–H and O–H groups in total. The zero-order valence-corrected chi connectivity index (χ0v) is 15.9. The molecule has 27 heavy (non-hydrogen) atoms. The van der Waals surface area contributed by atoms with Gasteiger partial charge in [0.05, 0.1) is 6.61 Å². The van der Waals surface area contributed by atoms with Crippen molar-refractivity contribution in [1.82, 2.24) is 4.90 Å². The van der Waals surface area contributed by atoms with Gasteiger partial charge in [0, 0.05) is 31.6 Å². The maximum atomic E-state index is 12.5. The second-order valence-electron chi connectivity index (χ2n) is 6.91. The number of amides is 2. The molecule has 2 aromatic carbocycles. The third kappa shape index (κ3) is 4.88. The van der Waals surface area contributed by atoms with Gasteiger partial charge in [0.15, 0.2) is 0 Å². The summed E-state index contributed by atoms with van der Waals surface area (Å²) >= 11 is 0. The van der Waals surface area contributed by atoms with E-state index in [2.05, 4.69) is 5.32 Å². The molecule has 5 heteroatoms. The quantitative estimate of drug-likeness (QED) is 0.814. The van der Waals surface area contributed by atoms with Crippen LogP contribution in [0.5, 0.6) is 5.75 Å². The number of benzene rings is 2. The second kappa shape index (κ2) is 8.71. The normalized spacial score (nSPS) is 15.6. The summed E-state index contributed by atoms with van der Waals surface area (Å²) in [7, 11) is 1.80. The first-order valence-corrected chi connectivity index (χ1v) is 9.41. The zero-order chi connectivity index (χ0) is 19.2. The van der Waals surface area contributed by atoms with E-state index >= 15 is 0 Å². The van der Waals surface area contributed by atoms with Gasteiger partial charge in [-0.25, -0.2) is 0 Å². The molecule has 0 saturated heterocycles. The summed E-state index contributed by atoms with van der Waals surface area (Å²) in [6, 6.07) is 15.6. The molecule has 2 amide bonds. The molecule has 5 nitrogen and oxygen atoms in total. The average molecular weight is 366 g/mol. The van der Waals surface area contributed by atoms with Crippen molar-refractivity contribution in [2.75, 3.05) is 19.0 Å². The van der Waals surface area contributed by atoms with Crippen LogP contribution in [0.1, 0.15) is 30.9 Å². The van der Waals surface area contributed by atoms with Crippen LogP contribution >= 0.6 is 0 Å². The minimum Gasteiger partial charge on any atom is -0.494 e. The molecule has 0 aliphatic carbocycles. The predicted octanol–water partition coefficient (Wildman–Crippen LogP) is 3.63. The number of nitrogens with zero attached hydrogens (tertiary/aromatic N) is 1. The lowest BCUT2D eigenvalue weighted by Crippen LogP contribution is -2.32. The third-order valence-electron chi connectivity index (χ3n) is 4.90. The van der Waals surface area contributed by atoms with Gasteiger partial charge in [-0.05, 0) is 49.1 Å². The van der Waals surface area contributed by atoms with Crippen LogP contribution in [0.4, 0.5) is 5.69 Å². The number of carbonyl (C=O) groups excluding carboxylic acids is 2. The maximum absolute atomic E-state index is 12.5. The molecular formula is C22H26N2O3. The maximum Gasteiger partial charge on any atom is 0.227 e. The Balaban J connectivity index is 1.50. The molecule has 0 fully saturated rings. The predicted molar refractivity (Wildman–Crippen MR) is 106 cm³/mol. The number of rotatable bonds is 7. The van der Waals surface area contributed by atoms with Crippen molar-refractivity contribution in [2.24, 2.45) is 5.92 Å². The van der Waals surface area contributed by atoms with Gasteiger partial charge in [0.2, 0.25) is 11.8 Å². The Morgan fingerprint density at radius 3 is 2.67 bits per heavy atom. The molecule has 1 atom stereocenters. The number of carbonyl (C=O) groups is 2. The molecule has 1 aliphatic heterocycles. The Morgan fingerprint density at radius 1 is 1.19 bits per heavy atom. The summed E-state index contributed by atoms with van der Waals surface area (Å²) in [5.41, 5.74) is 3.08. The van der Waals surface area contributed by atoms with Crippen molar-refractivity contribution >= 4 is 17.5 Å². The van der Waals surface area contributed by atoms with E-state index in [0.29, 0.717) is 32.4 Å². The molecule has 1 heterocycles. The summed E-state index contributed by atoms with van der Waals surface area (Å²) in [4.78, 5) is 26.5. The van der Waals surface area contributed by atoms with Crippen LogP contribution in [-0.2, 0) is 22.6 Å². The highest BCUT2D eigenvalue weighted by atomic mass is 16.5. The fourth-order valence-electron chi connectivity index (χ4n) is 3.35. The Bertz CT molecular complexity index is 801. The highest BCUT2D eigenvalue weighted by Crippen LogP contribution is 2.27. The Labute approximate surface area is 160 Å². The fraction of sp³-hybridized carbons (Fsp3) is 0.364. The van der Waals surface area contributed by atoms with Crippen molar-refractivity contribution in [1.29, 1.82) is 0 Å². The van der Waals surface area contributed by atoms with Crippen LogP contribution in [-0.4, -0.2) is 30.4 Å². The first kappa shape index (κ1) is 19.0. The molecule has 0 spiro atoms. The van der Waals surface area contributed by atoms with E-state index in [9.17, 15) is 9.59 Å². The van der Waals surface area contributed by atoms with E-state index in [-0.39, 0.29) is 17.7 Å². The highest BCUT2D eigenvalue weighted by Gasteiger charge is 2.26. The van der Waals surface area contributed by atoms with E-state index in [1.165, 1.54) is 0 Å². The molecule has 2 aromatic rings. The first-order valence-electron chi connectivity index (χ1n) is 9.41. The van der Waals surface area contributed by atoms with Crippen LogP contribution in [0.3, 0.4) is 0 Å². The SMILES string of the molecule is CCOc1ccc(CN(C)C(=O)CCC2Cc3ccccc3NC2=O)cc1. The van der Waals surface area contributed by atoms with Crippen molar-refractivity contribution in [3.63, 3.8) is 0 Å². The van der Waals surface area contributed by atoms with Crippen molar-refractivity contribution in [3.8, 4) is 5.75 Å². The van der Waals surface area contributed by atoms with Gasteiger partial charge in [-0.2, -0.15) is 0 Å². The highest BCUT2D eigenvalue weighted by molar-refractivity contribution is 5.96. The lowest BCUT2D eigenvalue weighted by atomic mass is 9.89. The summed E-state index contributed by atoms with van der Waals surface area (Å²) < 4.78 is 5.44. The van der Waals surface area contributed by atoms with Crippen LogP contribution in [0.2, 0.25) is 0 Å². The molecule has 1 aliphatic rings. The monoisotopic (exact) mass is 366 g/mol. The third-order valence-corrected chi connectivity index (χ3v) is 4.90. The topological polar surface area (TPSA) is 58.6 Å². The number of para-hydroxylation sites is 1. The second-order valence-corrected chi connectivity index (χ2v) is 6.91. The van der Waals surface area contributed by atoms with E-state index in [4.69, 9.17) is 4.74 Å². The van der Waals surface area contributed by atoms with Crippen molar-refractivity contribution in [3.05, 3.63) is 59.7 Å². The number of anilines is 1. The Kier molecular flexibility index (Phi) is 6.12. The minimum atomic E-state index is -0.150. The number of fused-ring (bicyclic) bond motifs is 1. The first-order chi connectivity index (χ1) is 13.1. The molecule has 142 valence electrons. The van der Waals surface area contributed by atoms with Gasteiger partial charge < -0.3 is 15.0 Å². The van der Waals surface area contributed by atoms with Gasteiger partial charge in [-0.1, -0.05) is 30.3 Å². The summed E-state index contributed by atoms with van der Waals surface area (Å²) in [5.74, 6) is 0.743. The van der Waals surface area contributed by atoms with Gasteiger partial charge in [-0.3, -0.25) is 9.59 Å². The van der Waals surface area contributed by atoms with Crippen molar-refractivity contribution < 1.29 is 14.3 Å². The fourth-order valence-corrected chi connectivity index (χ4v) is 3.35. The summed E-state index contributed by atoms with van der Waals surface area (Å²) in [5, 5.41) is 2.94. The number of hydrogen-bond acceptors (Lipinski definition) is 3. The van der Waals surface area contributed by atoms with Gasteiger partial charge in [0.25, 0.3) is 0 Å². The van der Waals surface area contributed by atoms with Crippen molar-refractivity contribution in [2.45, 2.75) is 32.7 Å². The van der Waals surface area contributed by atoms with Crippen LogP contribution in [0.15, 0.2) is 48.5 Å². The Morgan fingerprint density at radius 2 is 1.93 bits per heavy atom. The number of hydrogen-bond donors (Lipinski definition) is 1. The number of ether oxygens (including phenoxy) is 1. The lowest BCUT2D eigenvalue weighted by Gasteiger charge is -2.25. The van der Waals surface area contributed by atoms with Crippen LogP contribution < -0.4 is 10.1 Å². The molecule has 0 bridgehead atoms. The molecule has 0 aromatic heterocycles. The smallest absolute Gasteiger partial charge is 0.227 e. The van der Waals surface area contributed by atoms with Gasteiger partial charge >= 0.3 is 0 Å². The standard InChI is InChI=1S/C22H26N2O3/c1-3-27-19-11-8-16(9-12-19)15-24(2)21(25)13-10-18-14-17-6-4-5-7-20(17)23-22(18)26/h4-9,11-12,18H,3,10,13-15H2,1-2H3,(H,23,26). The largest absolute Gasteiger partial charge is 0.494 e. The van der Waals surface area contributed by atoms with E-state index < -0.39 is 0 Å². The molecule has 0 radical (unpaired) electrons. The molecular weight excluding hydrogens is 340 g/mol. The average Bonchev–Trinajstić information content (AvgIpc) is 2.67. The molecule has 1 unspecified atom stereocenters. The summed E-state index contributed by atoms with van der Waals surface area (Å²) in [6.07, 6.45) is 1.62. The minimum absolute atomic E-state index is 0.00988. The van der Waals surface area contributed by atoms with Crippen LogP contribution in [0.25, 0.3) is 0 Å². The van der Waals surface area contributed by atoms with Gasteiger partial charge in [0.1, 0.15) is 5.75 Å². The Hall–Kier alpha value is -2.82. The van der Waals surface area contributed by atoms with Crippen LogP contribution in [0, 0.1) is 5.92 Å². The lowest BCUT2D eigenvalue weighted by molar-refractivity contribution is -0.131.